The number of rotatable bonds is 4. The van der Waals surface area contributed by atoms with E-state index in [0.717, 1.165) is 16.7 Å². The molecule has 3 aromatic carbocycles. The fourth-order valence-corrected chi connectivity index (χ4v) is 12.3. The number of hydrogen-bond acceptors (Lipinski definition) is 17. The van der Waals surface area contributed by atoms with Crippen molar-refractivity contribution >= 4 is 29.9 Å². The maximum absolute atomic E-state index is 15.0. The summed E-state index contributed by atoms with van der Waals surface area (Å²) in [7, 11) is 4.96. The van der Waals surface area contributed by atoms with E-state index in [1.54, 1.807) is 32.9 Å². The molecule has 4 bridgehead atoms. The molecule has 2 unspecified atom stereocenters. The molecule has 0 saturated carbocycles. The number of phenols is 1. The first-order chi connectivity index (χ1) is 29.5. The molecule has 3 aromatic rings. The first kappa shape index (κ1) is 41.9. The van der Waals surface area contributed by atoms with E-state index >= 15 is 4.79 Å². The number of carbonyl (C=O) groups excluding carboxylic acids is 3. The van der Waals surface area contributed by atoms with Gasteiger partial charge >= 0.3 is 18.1 Å². The molecule has 10 rings (SSSR count). The van der Waals surface area contributed by atoms with Crippen molar-refractivity contribution in [3.05, 3.63) is 62.7 Å². The van der Waals surface area contributed by atoms with Crippen LogP contribution in [-0.4, -0.2) is 104 Å². The van der Waals surface area contributed by atoms with E-state index in [1.807, 2.05) is 27.0 Å². The third-order valence-corrected chi connectivity index (χ3v) is 14.5. The summed E-state index contributed by atoms with van der Waals surface area (Å²) in [5.41, 5.74) is 3.30. The Labute approximate surface area is 363 Å². The maximum atomic E-state index is 15.0. The number of likely N-dealkylation sites (N-methyl/N-ethyl adjacent to an activating group) is 1. The quantitative estimate of drug-likeness (QED) is 0.187. The lowest BCUT2D eigenvalue weighted by Crippen LogP contribution is -2.69. The third-order valence-electron chi connectivity index (χ3n) is 13.0. The maximum Gasteiger partial charge on any atom is 0.514 e. The van der Waals surface area contributed by atoms with Crippen molar-refractivity contribution in [1.29, 1.82) is 5.26 Å². The van der Waals surface area contributed by atoms with Crippen LogP contribution in [0.1, 0.15) is 89.5 Å². The highest BCUT2D eigenvalue weighted by molar-refractivity contribution is 7.99. The lowest BCUT2D eigenvalue weighted by molar-refractivity contribution is -0.157. The van der Waals surface area contributed by atoms with Gasteiger partial charge < -0.3 is 43.0 Å². The van der Waals surface area contributed by atoms with Gasteiger partial charge in [0, 0.05) is 53.6 Å². The van der Waals surface area contributed by atoms with Gasteiger partial charge in [0.25, 0.3) is 0 Å². The first-order valence-corrected chi connectivity index (χ1v) is 21.7. The molecule has 0 radical (unpaired) electrons. The topological polar surface area (TPSA) is 188 Å². The second kappa shape index (κ2) is 15.1. The Morgan fingerprint density at radius 1 is 1.00 bits per heavy atom. The summed E-state index contributed by atoms with van der Waals surface area (Å²) in [6.07, 6.45) is 0.0593. The number of thioether (sulfide) groups is 1. The second-order valence-electron chi connectivity index (χ2n) is 17.6. The number of esters is 2. The molecule has 0 aromatic heterocycles. The zero-order chi connectivity index (χ0) is 44.2. The van der Waals surface area contributed by atoms with Crippen molar-refractivity contribution in [1.82, 2.24) is 15.1 Å². The molecule has 2 fully saturated rings. The zero-order valence-electron chi connectivity index (χ0n) is 36.1. The van der Waals surface area contributed by atoms with Gasteiger partial charge in [-0.15, -0.1) is 11.8 Å². The summed E-state index contributed by atoms with van der Waals surface area (Å²) in [6, 6.07) is 5.15. The number of methoxy groups -OCH3 is 2. The summed E-state index contributed by atoms with van der Waals surface area (Å²) < 4.78 is 47.6. The molecule has 0 amide bonds. The summed E-state index contributed by atoms with van der Waals surface area (Å²) in [5.74, 6) is 0.906. The molecule has 2 N–H and O–H groups in total. The molecule has 0 aliphatic carbocycles. The van der Waals surface area contributed by atoms with E-state index in [2.05, 4.69) is 21.2 Å². The van der Waals surface area contributed by atoms with Gasteiger partial charge in [0.2, 0.25) is 6.79 Å². The predicted octanol–water partition coefficient (Wildman–Crippen LogP) is 5.60. The Bertz CT molecular complexity index is 2460. The van der Waals surface area contributed by atoms with Crippen LogP contribution < -0.4 is 33.7 Å². The van der Waals surface area contributed by atoms with Crippen molar-refractivity contribution in [2.75, 3.05) is 47.0 Å². The molecular weight excluding hydrogens is 821 g/mol. The average Bonchev–Trinajstić information content (AvgIpc) is 3.70. The van der Waals surface area contributed by atoms with Crippen molar-refractivity contribution < 1.29 is 57.4 Å². The Morgan fingerprint density at radius 2 is 1.76 bits per heavy atom. The zero-order valence-corrected chi connectivity index (χ0v) is 36.9. The standard InChI is InChI=1S/C45H50N4O12S/c1-20-12-24-13-26-27(16-46)49-28-17-56-42(52)45(25-15-29(54-8)30(14-23(25)10-11-47-45)60-43(53)61-44(4,5)6)18-62-41(35(49)34(48(26)7)31(24)36(51)37(20)55-9)33-32(28)40-39(57-19-58-40)21(2)38(33)59-22(3)50/h12,14-15,26-28,34-35,41,47,51H,10-11,13,17-19H2,1-9H3/t26-,27-,28-,34?,35?,41+,45+/m0/s1. The van der Waals surface area contributed by atoms with Gasteiger partial charge in [0.05, 0.1) is 37.6 Å². The minimum atomic E-state index is -1.45. The Kier molecular flexibility index (Phi) is 10.2. The van der Waals surface area contributed by atoms with Crippen molar-refractivity contribution in [2.24, 2.45) is 0 Å². The molecule has 17 heteroatoms. The van der Waals surface area contributed by atoms with Crippen LogP contribution in [0.5, 0.6) is 40.2 Å². The van der Waals surface area contributed by atoms with Crippen molar-refractivity contribution in [3.63, 3.8) is 0 Å². The molecule has 7 heterocycles. The van der Waals surface area contributed by atoms with Crippen molar-refractivity contribution in [2.45, 2.75) is 101 Å². The van der Waals surface area contributed by atoms with E-state index in [-0.39, 0.29) is 42.4 Å². The monoisotopic (exact) mass is 870 g/mol. The lowest BCUT2D eigenvalue weighted by atomic mass is 9.71. The highest BCUT2D eigenvalue weighted by Gasteiger charge is 2.62. The smallest absolute Gasteiger partial charge is 0.504 e. The summed E-state index contributed by atoms with van der Waals surface area (Å²) >= 11 is 1.45. The van der Waals surface area contributed by atoms with Crippen LogP contribution in [0.4, 0.5) is 4.79 Å². The minimum absolute atomic E-state index is 0.0238. The van der Waals surface area contributed by atoms with Crippen LogP contribution in [0.25, 0.3) is 0 Å². The van der Waals surface area contributed by atoms with E-state index in [4.69, 9.17) is 37.9 Å². The number of nitrogens with zero attached hydrogens (tertiary/aromatic N) is 3. The lowest BCUT2D eigenvalue weighted by Gasteiger charge is -2.62. The van der Waals surface area contributed by atoms with Crippen LogP contribution in [-0.2, 0) is 37.4 Å². The number of aryl methyl sites for hydroxylation is 1. The van der Waals surface area contributed by atoms with Crippen molar-refractivity contribution in [3.8, 4) is 46.3 Å². The molecule has 62 heavy (non-hydrogen) atoms. The molecule has 7 aliphatic heterocycles. The molecule has 7 aliphatic rings. The van der Waals surface area contributed by atoms with Gasteiger partial charge in [-0.2, -0.15) is 5.26 Å². The number of benzene rings is 3. The van der Waals surface area contributed by atoms with Gasteiger partial charge in [-0.25, -0.2) is 9.59 Å². The van der Waals surface area contributed by atoms with Gasteiger partial charge in [0.15, 0.2) is 40.0 Å². The van der Waals surface area contributed by atoms with E-state index in [0.29, 0.717) is 70.2 Å². The van der Waals surface area contributed by atoms with Crippen LogP contribution in [0.3, 0.4) is 0 Å². The van der Waals surface area contributed by atoms with Gasteiger partial charge in [-0.3, -0.25) is 19.9 Å². The number of phenolic OH excluding ortho intramolecular Hbond substituents is 1. The normalized spacial score (nSPS) is 27.1. The van der Waals surface area contributed by atoms with Crippen LogP contribution >= 0.6 is 11.8 Å². The van der Waals surface area contributed by atoms with E-state index in [9.17, 15) is 20.0 Å². The number of aromatic hydroxyl groups is 1. The SMILES string of the molecule is COc1cc2c(cc1OC(=O)OC(C)(C)C)CCN[C@]21CS[C@@H]2c3c(OC(C)=O)c(C)c4c(c3[C@H](COC1=O)N1C2C2c3c(cc(C)c(OC)c3O)C[C@@H]([C@@H]1C#N)N2C)OCO4. The van der Waals surface area contributed by atoms with Gasteiger partial charge in [0.1, 0.15) is 24.0 Å². The summed E-state index contributed by atoms with van der Waals surface area (Å²) in [5, 5.41) is 26.3. The summed E-state index contributed by atoms with van der Waals surface area (Å²) in [4.78, 5) is 45.3. The van der Waals surface area contributed by atoms with Crippen LogP contribution in [0.15, 0.2) is 18.2 Å². The summed E-state index contributed by atoms with van der Waals surface area (Å²) in [6.45, 7) is 10.3. The largest absolute Gasteiger partial charge is 0.514 e. The first-order valence-electron chi connectivity index (χ1n) is 20.6. The molecule has 1 spiro atoms. The Balaban J connectivity index is 1.27. The number of nitriles is 1. The number of nitrogens with one attached hydrogen (secondary N) is 1. The third kappa shape index (κ3) is 6.31. The Morgan fingerprint density at radius 3 is 2.45 bits per heavy atom. The molecule has 7 atom stereocenters. The van der Waals surface area contributed by atoms with Gasteiger partial charge in [-0.1, -0.05) is 6.07 Å². The number of ether oxygens (including phenoxy) is 8. The molecule has 328 valence electrons. The highest BCUT2D eigenvalue weighted by Crippen LogP contribution is 2.64. The fourth-order valence-electron chi connectivity index (χ4n) is 10.6. The van der Waals surface area contributed by atoms with E-state index in [1.165, 1.54) is 32.9 Å². The molecule has 2 saturated heterocycles. The van der Waals surface area contributed by atoms with E-state index < -0.39 is 58.7 Å². The number of carbonyl (C=O) groups is 3. The van der Waals surface area contributed by atoms with Crippen LogP contribution in [0.2, 0.25) is 0 Å². The van der Waals surface area contributed by atoms with Gasteiger partial charge in [-0.05, 0) is 88.9 Å². The number of hydrogen-bond donors (Lipinski definition) is 2. The number of fused-ring (bicyclic) bond motifs is 9. The predicted molar refractivity (Wildman–Crippen MR) is 223 cm³/mol. The molecular formula is C45H50N4O12S. The minimum Gasteiger partial charge on any atom is -0.504 e. The highest BCUT2D eigenvalue weighted by atomic mass is 32.2. The second-order valence-corrected chi connectivity index (χ2v) is 18.8. The fraction of sp³-hybridized carbons (Fsp3) is 0.511. The van der Waals surface area contributed by atoms with Crippen LogP contribution in [0, 0.1) is 25.2 Å². The average molecular weight is 871 g/mol. The number of piperazine rings is 1. The molecule has 16 nitrogen and oxygen atoms in total. The Hall–Kier alpha value is -5.41.